The molecule has 4 N–H and O–H groups in total. The molecular formula is C21H18ClF4N9O2. The molecule has 0 radical (unpaired) electrons. The number of halogens is 5. The number of benzene rings is 1. The first-order chi connectivity index (χ1) is 17.5. The van der Waals surface area contributed by atoms with Crippen molar-refractivity contribution in [3.8, 4) is 5.82 Å². The zero-order valence-corrected chi connectivity index (χ0v) is 19.9. The van der Waals surface area contributed by atoms with Gasteiger partial charge in [0.15, 0.2) is 5.82 Å². The highest BCUT2D eigenvalue weighted by atomic mass is 35.5. The number of azo groups is 1. The number of anilines is 1. The Kier molecular flexibility index (Phi) is 8.17. The quantitative estimate of drug-likeness (QED) is 0.109. The molecule has 0 saturated heterocycles. The molecule has 0 aliphatic heterocycles. The first-order valence-corrected chi connectivity index (χ1v) is 10.6. The van der Waals surface area contributed by atoms with Crippen LogP contribution in [0.2, 0.25) is 5.02 Å². The number of amidine groups is 1. The summed E-state index contributed by atoms with van der Waals surface area (Å²) in [4.78, 5) is 29.6. The average molecular weight is 540 g/mol. The van der Waals surface area contributed by atoms with Gasteiger partial charge in [-0.05, 0) is 42.8 Å². The lowest BCUT2D eigenvalue weighted by Crippen LogP contribution is -2.24. The summed E-state index contributed by atoms with van der Waals surface area (Å²) in [5.74, 6) is 0.922. The van der Waals surface area contributed by atoms with E-state index in [2.05, 4.69) is 36.0 Å². The van der Waals surface area contributed by atoms with E-state index in [1.807, 2.05) is 0 Å². The number of pyridine rings is 1. The summed E-state index contributed by atoms with van der Waals surface area (Å²) in [6.07, 6.45) is -3.54. The minimum absolute atomic E-state index is 0.0107. The van der Waals surface area contributed by atoms with Gasteiger partial charge in [-0.1, -0.05) is 11.6 Å². The van der Waals surface area contributed by atoms with Gasteiger partial charge in [0.25, 0.3) is 17.6 Å². The van der Waals surface area contributed by atoms with E-state index in [0.717, 1.165) is 16.8 Å². The van der Waals surface area contributed by atoms with E-state index in [1.54, 1.807) is 0 Å². The minimum atomic E-state index is -4.92. The molecule has 0 spiro atoms. The van der Waals surface area contributed by atoms with Gasteiger partial charge >= 0.3 is 6.18 Å². The fourth-order valence-electron chi connectivity index (χ4n) is 3.09. The van der Waals surface area contributed by atoms with Crippen molar-refractivity contribution in [2.45, 2.75) is 19.6 Å². The van der Waals surface area contributed by atoms with Crippen LogP contribution >= 0.6 is 11.6 Å². The van der Waals surface area contributed by atoms with E-state index in [9.17, 15) is 27.2 Å². The van der Waals surface area contributed by atoms with E-state index < -0.39 is 36.2 Å². The Morgan fingerprint density at radius 3 is 2.57 bits per heavy atom. The molecule has 194 valence electrons. The number of carbonyl (C=O) groups excluding carboxylic acids is 2. The molecule has 2 aromatic heterocycles. The zero-order chi connectivity index (χ0) is 27.3. The van der Waals surface area contributed by atoms with Crippen molar-refractivity contribution in [2.75, 3.05) is 12.4 Å². The predicted octanol–water partition coefficient (Wildman–Crippen LogP) is 3.77. The molecule has 0 aliphatic rings. The van der Waals surface area contributed by atoms with Crippen LogP contribution in [0.1, 0.15) is 32.1 Å². The zero-order valence-electron chi connectivity index (χ0n) is 19.1. The maximum atomic E-state index is 13.9. The van der Waals surface area contributed by atoms with Gasteiger partial charge in [0.2, 0.25) is 0 Å². The van der Waals surface area contributed by atoms with Gasteiger partial charge in [0.05, 0.1) is 22.0 Å². The molecule has 0 fully saturated rings. The number of nitrogens with two attached hydrogens (primary N) is 1. The van der Waals surface area contributed by atoms with Crippen molar-refractivity contribution < 1.29 is 27.2 Å². The molecule has 0 aliphatic carbocycles. The second-order valence-corrected chi connectivity index (χ2v) is 7.68. The first-order valence-electron chi connectivity index (χ1n) is 10.2. The van der Waals surface area contributed by atoms with Gasteiger partial charge in [0, 0.05) is 13.2 Å². The molecule has 37 heavy (non-hydrogen) atoms. The van der Waals surface area contributed by atoms with Gasteiger partial charge in [-0.2, -0.15) is 28.5 Å². The van der Waals surface area contributed by atoms with Gasteiger partial charge in [-0.25, -0.2) is 14.1 Å². The number of hydrogen-bond acceptors (Lipinski definition) is 7. The number of carbonyl (C=O) groups is 2. The third-order valence-corrected chi connectivity index (χ3v) is 5.01. The molecule has 0 atom stereocenters. The summed E-state index contributed by atoms with van der Waals surface area (Å²) in [6, 6.07) is 6.31. The Morgan fingerprint density at radius 1 is 1.22 bits per heavy atom. The minimum Gasteiger partial charge on any atom is -0.355 e. The molecule has 2 heterocycles. The van der Waals surface area contributed by atoms with Crippen LogP contribution in [0, 0.1) is 12.7 Å². The Hall–Kier alpha value is -4.40. The van der Waals surface area contributed by atoms with E-state index >= 15 is 0 Å². The van der Waals surface area contributed by atoms with Crippen LogP contribution in [0.15, 0.2) is 51.9 Å². The molecule has 16 heteroatoms. The molecule has 2 amide bonds. The lowest BCUT2D eigenvalue weighted by molar-refractivity contribution is -0.0602. The number of nitrogens with zero attached hydrogens (tertiary/aromatic N) is 6. The summed E-state index contributed by atoms with van der Waals surface area (Å²) < 4.78 is 53.2. The highest BCUT2D eigenvalue weighted by Crippen LogP contribution is 2.25. The molecule has 1 aromatic carbocycles. The number of aryl methyl sites for hydroxylation is 1. The molecule has 11 nitrogen and oxygen atoms in total. The largest absolute Gasteiger partial charge is 0.455 e. The Balaban J connectivity index is 2.03. The molecule has 3 aromatic rings. The smallest absolute Gasteiger partial charge is 0.355 e. The summed E-state index contributed by atoms with van der Waals surface area (Å²) in [6.45, 7) is 0.993. The van der Waals surface area contributed by atoms with Crippen molar-refractivity contribution in [3.63, 3.8) is 0 Å². The van der Waals surface area contributed by atoms with Crippen LogP contribution in [0.5, 0.6) is 0 Å². The third-order valence-electron chi connectivity index (χ3n) is 4.72. The van der Waals surface area contributed by atoms with Crippen LogP contribution in [0.25, 0.3) is 5.82 Å². The average Bonchev–Trinajstić information content (AvgIpc) is 3.26. The lowest BCUT2D eigenvalue weighted by Gasteiger charge is -2.14. The first kappa shape index (κ1) is 27.2. The van der Waals surface area contributed by atoms with Crippen LogP contribution in [-0.4, -0.2) is 45.6 Å². The van der Waals surface area contributed by atoms with Crippen molar-refractivity contribution >= 4 is 34.9 Å². The summed E-state index contributed by atoms with van der Waals surface area (Å²) in [5, 5.41) is 18.1. The lowest BCUT2D eigenvalue weighted by atomic mass is 10.1. The highest BCUT2D eigenvalue weighted by Gasteiger charge is 2.36. The SMILES string of the molecule is CNC(=O)c1cc(F)cc(C)c1NC(=O)c1cc(CN=NC(=NN)C(F)(F)F)nn1-c1ncccc1Cl. The van der Waals surface area contributed by atoms with Crippen LogP contribution in [0.3, 0.4) is 0 Å². The van der Waals surface area contributed by atoms with Crippen molar-refractivity contribution in [1.82, 2.24) is 20.1 Å². The number of aromatic nitrogens is 3. The molecule has 0 saturated carbocycles. The maximum absolute atomic E-state index is 13.9. The number of alkyl halides is 3. The predicted molar refractivity (Wildman–Crippen MR) is 125 cm³/mol. The summed E-state index contributed by atoms with van der Waals surface area (Å²) in [5.41, 5.74) is -0.00742. The number of amides is 2. The number of hydrazone groups is 1. The van der Waals surface area contributed by atoms with Crippen LogP contribution in [0.4, 0.5) is 23.2 Å². The second kappa shape index (κ2) is 11.1. The standard InChI is InChI=1S/C21H18ClF4N9O2/c1-10-6-11(23)7-13(18(36)28-2)16(10)31-19(37)15-8-12(9-30-33-20(32-27)21(24,25)26)34-35(15)17-14(22)4-3-5-29-17/h3-8H,9,27H2,1-2H3,(H,28,36)(H,31,37). The summed E-state index contributed by atoms with van der Waals surface area (Å²) >= 11 is 6.20. The maximum Gasteiger partial charge on any atom is 0.455 e. The van der Waals surface area contributed by atoms with E-state index in [4.69, 9.17) is 17.4 Å². The van der Waals surface area contributed by atoms with Crippen molar-refractivity contribution in [1.29, 1.82) is 0 Å². The fourth-order valence-corrected chi connectivity index (χ4v) is 3.30. The Bertz CT molecular complexity index is 1400. The molecule has 0 unspecified atom stereocenters. The van der Waals surface area contributed by atoms with E-state index in [1.165, 1.54) is 38.4 Å². The van der Waals surface area contributed by atoms with Gasteiger partial charge in [-0.15, -0.1) is 5.11 Å². The van der Waals surface area contributed by atoms with Crippen molar-refractivity contribution in [2.24, 2.45) is 21.2 Å². The van der Waals surface area contributed by atoms with Gasteiger partial charge in [-0.3, -0.25) is 9.59 Å². The summed E-state index contributed by atoms with van der Waals surface area (Å²) in [7, 11) is 1.34. The van der Waals surface area contributed by atoms with Gasteiger partial charge in [0.1, 0.15) is 18.1 Å². The second-order valence-electron chi connectivity index (χ2n) is 7.27. The van der Waals surface area contributed by atoms with Gasteiger partial charge < -0.3 is 16.5 Å². The fraction of sp³-hybridized carbons (Fsp3) is 0.190. The van der Waals surface area contributed by atoms with Crippen molar-refractivity contribution in [3.05, 3.63) is 69.9 Å². The monoisotopic (exact) mass is 539 g/mol. The Morgan fingerprint density at radius 2 is 1.95 bits per heavy atom. The number of rotatable bonds is 6. The molecule has 3 rings (SSSR count). The van der Waals surface area contributed by atoms with E-state index in [-0.39, 0.29) is 39.0 Å². The number of hydrogen-bond donors (Lipinski definition) is 3. The molecule has 0 bridgehead atoms. The topological polar surface area (TPSA) is 152 Å². The normalized spacial score (nSPS) is 12.1. The molecular weight excluding hydrogens is 522 g/mol. The van der Waals surface area contributed by atoms with E-state index in [0.29, 0.717) is 0 Å². The van der Waals surface area contributed by atoms with Crippen LogP contribution < -0.4 is 16.5 Å². The highest BCUT2D eigenvalue weighted by molar-refractivity contribution is 6.32. The van der Waals surface area contributed by atoms with Crippen LogP contribution in [-0.2, 0) is 6.54 Å². The number of nitrogens with one attached hydrogen (secondary N) is 2. The third kappa shape index (κ3) is 6.24. The Labute approximate surface area is 211 Å².